The topological polar surface area (TPSA) is 58.6 Å². The maximum atomic E-state index is 12.8. The van der Waals surface area contributed by atoms with Crippen LogP contribution in [-0.2, 0) is 22.4 Å². The third-order valence-corrected chi connectivity index (χ3v) is 5.68. The van der Waals surface area contributed by atoms with E-state index in [1.54, 1.807) is 11.8 Å². The number of ether oxygens (including phenoxy) is 1. The van der Waals surface area contributed by atoms with Gasteiger partial charge >= 0.3 is 0 Å². The van der Waals surface area contributed by atoms with Crippen LogP contribution in [0.2, 0.25) is 0 Å². The molecule has 3 aromatic carbocycles. The number of nitrogens with one attached hydrogen (secondary N) is 1. The van der Waals surface area contributed by atoms with Gasteiger partial charge in [-0.25, -0.2) is 0 Å². The van der Waals surface area contributed by atoms with Gasteiger partial charge in [-0.3, -0.25) is 9.59 Å². The summed E-state index contributed by atoms with van der Waals surface area (Å²) in [5.74, 6) is 0.525. The first-order valence-corrected chi connectivity index (χ1v) is 11.0. The van der Waals surface area contributed by atoms with Crippen molar-refractivity contribution in [3.63, 3.8) is 0 Å². The molecule has 0 fully saturated rings. The normalized spacial score (nSPS) is 15.1. The monoisotopic (exact) mass is 428 g/mol. The molecule has 0 aromatic heterocycles. The van der Waals surface area contributed by atoms with Gasteiger partial charge in [-0.1, -0.05) is 60.2 Å². The minimum Gasteiger partial charge on any atom is -0.479 e. The van der Waals surface area contributed by atoms with E-state index in [4.69, 9.17) is 4.74 Å². The fraction of sp³-hybridized carbons (Fsp3) is 0.259. The molecule has 0 spiro atoms. The number of rotatable bonds is 7. The Morgan fingerprint density at radius 3 is 2.44 bits per heavy atom. The third kappa shape index (κ3) is 5.17. The van der Waals surface area contributed by atoms with Crippen LogP contribution in [0.3, 0.4) is 0 Å². The second kappa shape index (κ2) is 9.69. The summed E-state index contributed by atoms with van der Waals surface area (Å²) in [4.78, 5) is 27.1. The van der Waals surface area contributed by atoms with Gasteiger partial charge in [-0.15, -0.1) is 0 Å². The van der Waals surface area contributed by atoms with Gasteiger partial charge in [0.15, 0.2) is 6.10 Å². The first-order chi connectivity index (χ1) is 15.5. The van der Waals surface area contributed by atoms with Crippen LogP contribution >= 0.6 is 0 Å². The number of hydrogen-bond donors (Lipinski definition) is 1. The maximum Gasteiger partial charge on any atom is 0.267 e. The van der Waals surface area contributed by atoms with Crippen molar-refractivity contribution in [1.82, 2.24) is 0 Å². The molecule has 5 nitrogen and oxygen atoms in total. The van der Waals surface area contributed by atoms with E-state index in [1.807, 2.05) is 43.3 Å². The SMILES string of the molecule is Cc1ccc(CCC(=O)Nc2ccc3c(c2)N(CCc2ccccc2)C(=O)C(C)O3)cc1. The van der Waals surface area contributed by atoms with Crippen LogP contribution in [0.25, 0.3) is 0 Å². The molecule has 0 bridgehead atoms. The second-order valence-electron chi connectivity index (χ2n) is 8.20. The molecule has 0 saturated heterocycles. The van der Waals surface area contributed by atoms with Crippen molar-refractivity contribution in [3.05, 3.63) is 89.5 Å². The largest absolute Gasteiger partial charge is 0.479 e. The molecule has 1 N–H and O–H groups in total. The Balaban J connectivity index is 1.45. The summed E-state index contributed by atoms with van der Waals surface area (Å²) in [6.45, 7) is 4.36. The summed E-state index contributed by atoms with van der Waals surface area (Å²) < 4.78 is 5.80. The average molecular weight is 429 g/mol. The highest BCUT2D eigenvalue weighted by atomic mass is 16.5. The summed E-state index contributed by atoms with van der Waals surface area (Å²) >= 11 is 0. The molecule has 32 heavy (non-hydrogen) atoms. The van der Waals surface area contributed by atoms with Crippen molar-refractivity contribution in [2.75, 3.05) is 16.8 Å². The van der Waals surface area contributed by atoms with E-state index in [0.717, 1.165) is 12.0 Å². The first kappa shape index (κ1) is 21.6. The zero-order valence-corrected chi connectivity index (χ0v) is 18.5. The van der Waals surface area contributed by atoms with Gasteiger partial charge in [0.25, 0.3) is 5.91 Å². The number of carbonyl (C=O) groups is 2. The van der Waals surface area contributed by atoms with Crippen LogP contribution in [-0.4, -0.2) is 24.5 Å². The molecule has 1 heterocycles. The Kier molecular flexibility index (Phi) is 6.55. The van der Waals surface area contributed by atoms with Gasteiger partial charge in [-0.05, 0) is 56.0 Å². The molecule has 5 heteroatoms. The lowest BCUT2D eigenvalue weighted by atomic mass is 10.1. The Morgan fingerprint density at radius 2 is 1.69 bits per heavy atom. The molecule has 164 valence electrons. The Hall–Kier alpha value is -3.60. The first-order valence-electron chi connectivity index (χ1n) is 11.0. The number of amides is 2. The van der Waals surface area contributed by atoms with E-state index < -0.39 is 6.10 Å². The summed E-state index contributed by atoms with van der Waals surface area (Å²) in [6.07, 6.45) is 1.28. The van der Waals surface area contributed by atoms with Crippen molar-refractivity contribution in [2.45, 2.75) is 39.2 Å². The molecule has 0 radical (unpaired) electrons. The quantitative estimate of drug-likeness (QED) is 0.581. The summed E-state index contributed by atoms with van der Waals surface area (Å²) in [5.41, 5.74) is 4.86. The predicted octanol–water partition coefficient (Wildman–Crippen LogP) is 4.92. The molecule has 4 rings (SSSR count). The predicted molar refractivity (Wildman–Crippen MR) is 127 cm³/mol. The van der Waals surface area contributed by atoms with Crippen molar-refractivity contribution in [2.24, 2.45) is 0 Å². The molecule has 1 atom stereocenters. The molecule has 0 saturated carbocycles. The maximum absolute atomic E-state index is 12.8. The molecule has 2 amide bonds. The van der Waals surface area contributed by atoms with Crippen LogP contribution in [0.15, 0.2) is 72.8 Å². The fourth-order valence-electron chi connectivity index (χ4n) is 3.84. The van der Waals surface area contributed by atoms with E-state index in [1.165, 1.54) is 11.1 Å². The summed E-state index contributed by atoms with van der Waals surface area (Å²) in [7, 11) is 0. The number of hydrogen-bond acceptors (Lipinski definition) is 3. The van der Waals surface area contributed by atoms with Gasteiger partial charge in [-0.2, -0.15) is 0 Å². The van der Waals surface area contributed by atoms with Crippen LogP contribution in [0.5, 0.6) is 5.75 Å². The minimum absolute atomic E-state index is 0.0576. The smallest absolute Gasteiger partial charge is 0.267 e. The van der Waals surface area contributed by atoms with Crippen molar-refractivity contribution < 1.29 is 14.3 Å². The summed E-state index contributed by atoms with van der Waals surface area (Å²) in [5, 5.41) is 2.96. The Morgan fingerprint density at radius 1 is 0.969 bits per heavy atom. The van der Waals surface area contributed by atoms with Crippen molar-refractivity contribution >= 4 is 23.2 Å². The molecular formula is C27H28N2O3. The number of anilines is 2. The second-order valence-corrected chi connectivity index (χ2v) is 8.20. The molecule has 3 aromatic rings. The Labute approximate surface area is 189 Å². The van der Waals surface area contributed by atoms with Gasteiger partial charge in [0.2, 0.25) is 5.91 Å². The Bertz CT molecular complexity index is 1090. The lowest BCUT2D eigenvalue weighted by molar-refractivity contribution is -0.125. The van der Waals surface area contributed by atoms with Crippen LogP contribution < -0.4 is 15.0 Å². The third-order valence-electron chi connectivity index (χ3n) is 5.68. The summed E-state index contributed by atoms with van der Waals surface area (Å²) in [6, 6.07) is 23.8. The van der Waals surface area contributed by atoms with E-state index >= 15 is 0 Å². The van der Waals surface area contributed by atoms with Crippen LogP contribution in [0, 0.1) is 6.92 Å². The van der Waals surface area contributed by atoms with E-state index in [9.17, 15) is 9.59 Å². The van der Waals surface area contributed by atoms with E-state index in [2.05, 4.69) is 41.7 Å². The number of nitrogens with zero attached hydrogens (tertiary/aromatic N) is 1. The zero-order chi connectivity index (χ0) is 22.5. The van der Waals surface area contributed by atoms with E-state index in [0.29, 0.717) is 36.5 Å². The van der Waals surface area contributed by atoms with E-state index in [-0.39, 0.29) is 11.8 Å². The molecule has 0 aliphatic carbocycles. The molecule has 1 aliphatic heterocycles. The highest BCUT2D eigenvalue weighted by molar-refractivity contribution is 6.01. The number of aryl methyl sites for hydroxylation is 2. The van der Waals surface area contributed by atoms with Gasteiger partial charge in [0.1, 0.15) is 5.75 Å². The molecule has 1 aliphatic rings. The number of carbonyl (C=O) groups excluding carboxylic acids is 2. The molecular weight excluding hydrogens is 400 g/mol. The van der Waals surface area contributed by atoms with Crippen molar-refractivity contribution in [1.29, 1.82) is 0 Å². The lowest BCUT2D eigenvalue weighted by Crippen LogP contribution is -2.45. The van der Waals surface area contributed by atoms with Crippen LogP contribution in [0.4, 0.5) is 11.4 Å². The number of benzene rings is 3. The number of fused-ring (bicyclic) bond motifs is 1. The fourth-order valence-corrected chi connectivity index (χ4v) is 3.84. The van der Waals surface area contributed by atoms with Gasteiger partial charge in [0, 0.05) is 18.7 Å². The highest BCUT2D eigenvalue weighted by Crippen LogP contribution is 2.36. The lowest BCUT2D eigenvalue weighted by Gasteiger charge is -2.33. The highest BCUT2D eigenvalue weighted by Gasteiger charge is 2.31. The minimum atomic E-state index is -0.534. The zero-order valence-electron chi connectivity index (χ0n) is 18.5. The average Bonchev–Trinajstić information content (AvgIpc) is 2.80. The standard InChI is InChI=1S/C27H28N2O3/c1-19-8-10-22(11-9-19)12-15-26(30)28-23-13-14-25-24(18-23)29(27(31)20(2)32-25)17-16-21-6-4-3-5-7-21/h3-11,13-14,18,20H,12,15-17H2,1-2H3,(H,28,30). The molecule has 1 unspecified atom stereocenters. The van der Waals surface area contributed by atoms with Crippen LogP contribution in [0.1, 0.15) is 30.0 Å². The van der Waals surface area contributed by atoms with Gasteiger partial charge in [0.05, 0.1) is 5.69 Å². The van der Waals surface area contributed by atoms with Crippen molar-refractivity contribution in [3.8, 4) is 5.75 Å². The van der Waals surface area contributed by atoms with Gasteiger partial charge < -0.3 is 15.0 Å².